The molecule has 0 radical (unpaired) electrons. The van der Waals surface area contributed by atoms with Crippen LogP contribution in [-0.4, -0.2) is 80.0 Å². The molecule has 1 fully saturated rings. The molecule has 0 atom stereocenters. The summed E-state index contributed by atoms with van der Waals surface area (Å²) in [5, 5.41) is 3.33. The first-order valence-electron chi connectivity index (χ1n) is 8.51. The number of pyridine rings is 1. The van der Waals surface area contributed by atoms with Crippen molar-refractivity contribution in [3.63, 3.8) is 0 Å². The Bertz CT molecular complexity index is 543. The number of piperazine rings is 1. The maximum atomic E-state index is 11.7. The topological polar surface area (TPSA) is 64.1 Å². The van der Waals surface area contributed by atoms with Gasteiger partial charge < -0.3 is 20.0 Å². The van der Waals surface area contributed by atoms with E-state index < -0.39 is 0 Å². The SMILES string of the molecule is CCNC(=NCCC(=O)N(C)C)N1CCN(c2ccccn2)CC1.I. The number of amides is 1. The van der Waals surface area contributed by atoms with E-state index in [2.05, 4.69) is 32.0 Å². The summed E-state index contributed by atoms with van der Waals surface area (Å²) in [6.07, 6.45) is 2.27. The predicted octanol–water partition coefficient (Wildman–Crippen LogP) is 1.27. The molecule has 0 saturated carbocycles. The summed E-state index contributed by atoms with van der Waals surface area (Å²) < 4.78 is 0. The van der Waals surface area contributed by atoms with E-state index in [1.54, 1.807) is 19.0 Å². The molecule has 1 aliphatic heterocycles. The number of carbonyl (C=O) groups excluding carboxylic acids is 1. The van der Waals surface area contributed by atoms with Crippen LogP contribution in [0, 0.1) is 0 Å². The van der Waals surface area contributed by atoms with Crippen LogP contribution in [0.1, 0.15) is 13.3 Å². The quantitative estimate of drug-likeness (QED) is 0.408. The Morgan fingerprint density at radius 1 is 1.28 bits per heavy atom. The smallest absolute Gasteiger partial charge is 0.223 e. The van der Waals surface area contributed by atoms with Crippen molar-refractivity contribution in [2.75, 3.05) is 58.3 Å². The van der Waals surface area contributed by atoms with Crippen LogP contribution in [0.2, 0.25) is 0 Å². The lowest BCUT2D eigenvalue weighted by atomic mass is 10.3. The van der Waals surface area contributed by atoms with Gasteiger partial charge >= 0.3 is 0 Å². The molecule has 0 aliphatic carbocycles. The molecule has 1 aliphatic rings. The highest BCUT2D eigenvalue weighted by atomic mass is 127. The van der Waals surface area contributed by atoms with Crippen molar-refractivity contribution >= 4 is 41.7 Å². The fourth-order valence-corrected chi connectivity index (χ4v) is 2.60. The molecule has 1 N–H and O–H groups in total. The molecular formula is C17H29IN6O. The number of rotatable bonds is 5. The van der Waals surface area contributed by atoms with Gasteiger partial charge in [0.15, 0.2) is 5.96 Å². The molecule has 0 aromatic carbocycles. The van der Waals surface area contributed by atoms with Gasteiger partial charge in [0.2, 0.25) is 5.91 Å². The number of hydrogen-bond acceptors (Lipinski definition) is 4. The molecule has 1 saturated heterocycles. The second-order valence-corrected chi connectivity index (χ2v) is 5.94. The number of aliphatic imine (C=N–C) groups is 1. The highest BCUT2D eigenvalue weighted by molar-refractivity contribution is 14.0. The van der Waals surface area contributed by atoms with Gasteiger partial charge in [0, 0.05) is 59.4 Å². The van der Waals surface area contributed by atoms with E-state index in [1.807, 2.05) is 24.4 Å². The van der Waals surface area contributed by atoms with Crippen LogP contribution in [0.5, 0.6) is 0 Å². The minimum absolute atomic E-state index is 0. The average Bonchev–Trinajstić information content (AvgIpc) is 2.61. The van der Waals surface area contributed by atoms with Gasteiger partial charge in [-0.15, -0.1) is 24.0 Å². The second-order valence-electron chi connectivity index (χ2n) is 5.94. The number of nitrogens with zero attached hydrogens (tertiary/aromatic N) is 5. The van der Waals surface area contributed by atoms with Crippen LogP contribution in [-0.2, 0) is 4.79 Å². The van der Waals surface area contributed by atoms with Gasteiger partial charge in [0.05, 0.1) is 6.54 Å². The number of anilines is 1. The number of hydrogen-bond donors (Lipinski definition) is 1. The molecule has 25 heavy (non-hydrogen) atoms. The van der Waals surface area contributed by atoms with Crippen molar-refractivity contribution in [2.45, 2.75) is 13.3 Å². The van der Waals surface area contributed by atoms with Crippen LogP contribution in [0.15, 0.2) is 29.4 Å². The van der Waals surface area contributed by atoms with Gasteiger partial charge in [0.1, 0.15) is 5.82 Å². The first-order valence-corrected chi connectivity index (χ1v) is 8.51. The number of nitrogens with one attached hydrogen (secondary N) is 1. The summed E-state index contributed by atoms with van der Waals surface area (Å²) in [7, 11) is 3.54. The van der Waals surface area contributed by atoms with Crippen LogP contribution < -0.4 is 10.2 Å². The van der Waals surface area contributed by atoms with Gasteiger partial charge in [0.25, 0.3) is 0 Å². The minimum atomic E-state index is 0. The number of halogens is 1. The molecule has 1 amide bonds. The third kappa shape index (κ3) is 6.68. The zero-order valence-corrected chi connectivity index (χ0v) is 17.6. The lowest BCUT2D eigenvalue weighted by Crippen LogP contribution is -2.52. The number of guanidine groups is 1. The van der Waals surface area contributed by atoms with Crippen LogP contribution in [0.4, 0.5) is 5.82 Å². The summed E-state index contributed by atoms with van der Waals surface area (Å²) >= 11 is 0. The molecular weight excluding hydrogens is 431 g/mol. The fraction of sp³-hybridized carbons (Fsp3) is 0.588. The Balaban J connectivity index is 0.00000312. The lowest BCUT2D eigenvalue weighted by molar-refractivity contribution is -0.128. The van der Waals surface area contributed by atoms with E-state index in [0.29, 0.717) is 13.0 Å². The van der Waals surface area contributed by atoms with E-state index in [1.165, 1.54) is 0 Å². The molecule has 1 aromatic rings. The minimum Gasteiger partial charge on any atom is -0.357 e. The molecule has 2 rings (SSSR count). The Morgan fingerprint density at radius 3 is 2.56 bits per heavy atom. The lowest BCUT2D eigenvalue weighted by Gasteiger charge is -2.37. The van der Waals surface area contributed by atoms with E-state index in [4.69, 9.17) is 0 Å². The Labute approximate surface area is 167 Å². The monoisotopic (exact) mass is 460 g/mol. The van der Waals surface area contributed by atoms with Gasteiger partial charge in [-0.2, -0.15) is 0 Å². The normalized spacial score (nSPS) is 14.8. The van der Waals surface area contributed by atoms with Crippen molar-refractivity contribution in [3.8, 4) is 0 Å². The highest BCUT2D eigenvalue weighted by Gasteiger charge is 2.20. The van der Waals surface area contributed by atoms with Crippen LogP contribution >= 0.6 is 24.0 Å². The standard InChI is InChI=1S/C17H28N6O.HI/c1-4-18-17(20-10-8-16(24)21(2)3)23-13-11-22(12-14-23)15-7-5-6-9-19-15;/h5-7,9H,4,8,10-14H2,1-3H3,(H,18,20);1H. The Kier molecular flexibility index (Phi) is 9.54. The number of aromatic nitrogens is 1. The van der Waals surface area contributed by atoms with Gasteiger partial charge in [-0.3, -0.25) is 9.79 Å². The first kappa shape index (κ1) is 21.5. The molecule has 8 heteroatoms. The van der Waals surface area contributed by atoms with Crippen molar-refractivity contribution in [1.29, 1.82) is 0 Å². The van der Waals surface area contributed by atoms with E-state index in [-0.39, 0.29) is 29.9 Å². The molecule has 2 heterocycles. The van der Waals surface area contributed by atoms with Crippen molar-refractivity contribution in [2.24, 2.45) is 4.99 Å². The fourth-order valence-electron chi connectivity index (χ4n) is 2.60. The zero-order chi connectivity index (χ0) is 17.4. The largest absolute Gasteiger partial charge is 0.357 e. The van der Waals surface area contributed by atoms with Gasteiger partial charge in [-0.25, -0.2) is 4.98 Å². The van der Waals surface area contributed by atoms with E-state index >= 15 is 0 Å². The molecule has 1 aromatic heterocycles. The van der Waals surface area contributed by atoms with Gasteiger partial charge in [-0.05, 0) is 19.1 Å². The molecule has 7 nitrogen and oxygen atoms in total. The van der Waals surface area contributed by atoms with Crippen molar-refractivity contribution in [1.82, 2.24) is 20.1 Å². The predicted molar refractivity (Wildman–Crippen MR) is 113 cm³/mol. The summed E-state index contributed by atoms with van der Waals surface area (Å²) in [5.74, 6) is 2.02. The Morgan fingerprint density at radius 2 is 2.00 bits per heavy atom. The van der Waals surface area contributed by atoms with E-state index in [9.17, 15) is 4.79 Å². The summed E-state index contributed by atoms with van der Waals surface area (Å²) in [4.78, 5) is 26.8. The maximum absolute atomic E-state index is 11.7. The molecule has 140 valence electrons. The maximum Gasteiger partial charge on any atom is 0.223 e. The Hall–Kier alpha value is -1.58. The van der Waals surface area contributed by atoms with Crippen LogP contribution in [0.25, 0.3) is 0 Å². The zero-order valence-electron chi connectivity index (χ0n) is 15.3. The first-order chi connectivity index (χ1) is 11.6. The third-order valence-corrected chi connectivity index (χ3v) is 3.97. The van der Waals surface area contributed by atoms with Crippen LogP contribution in [0.3, 0.4) is 0 Å². The average molecular weight is 460 g/mol. The molecule has 0 spiro atoms. The third-order valence-electron chi connectivity index (χ3n) is 3.97. The van der Waals surface area contributed by atoms with Crippen molar-refractivity contribution < 1.29 is 4.79 Å². The van der Waals surface area contributed by atoms with E-state index in [0.717, 1.165) is 44.5 Å². The summed E-state index contributed by atoms with van der Waals surface area (Å²) in [5.41, 5.74) is 0. The summed E-state index contributed by atoms with van der Waals surface area (Å²) in [6.45, 7) is 7.01. The molecule has 0 unspecified atom stereocenters. The number of carbonyl (C=O) groups is 1. The highest BCUT2D eigenvalue weighted by Crippen LogP contribution is 2.12. The molecule has 0 bridgehead atoms. The summed E-state index contributed by atoms with van der Waals surface area (Å²) in [6, 6.07) is 5.99. The second kappa shape index (κ2) is 11.1. The van der Waals surface area contributed by atoms with Gasteiger partial charge in [-0.1, -0.05) is 6.07 Å². The van der Waals surface area contributed by atoms with Crippen molar-refractivity contribution in [3.05, 3.63) is 24.4 Å².